The van der Waals surface area contributed by atoms with Gasteiger partial charge in [-0.2, -0.15) is 0 Å². The number of aliphatic hydroxyl groups is 3. The number of carbonyl (C=O) groups is 3. The molecule has 204 valence electrons. The van der Waals surface area contributed by atoms with Crippen LogP contribution in [0, 0.1) is 16.7 Å². The Hall–Kier alpha value is -1.69. The Morgan fingerprint density at radius 3 is 2.36 bits per heavy atom. The molecule has 1 saturated heterocycles. The molecule has 12 heteroatoms. The molecule has 7 atom stereocenters. The maximum absolute atomic E-state index is 13.8. The first kappa shape index (κ1) is 30.5. The molecule has 0 spiro atoms. The molecule has 0 unspecified atom stereocenters. The molecule has 2 saturated carbocycles. The monoisotopic (exact) mass is 551 g/mol. The summed E-state index contributed by atoms with van der Waals surface area (Å²) in [6.45, 7) is 12.0. The summed E-state index contributed by atoms with van der Waals surface area (Å²) in [5.74, 6) is -4.98. The molecule has 0 aromatic carbocycles. The molecule has 3 aliphatic rings. The number of carbonyl (C=O) groups excluding carboxylic acids is 3. The molecule has 0 bridgehead atoms. The van der Waals surface area contributed by atoms with Gasteiger partial charge in [0.1, 0.15) is 5.60 Å². The Kier molecular flexibility index (Phi) is 8.11. The third-order valence-electron chi connectivity index (χ3n) is 8.38. The van der Waals surface area contributed by atoms with Crippen LogP contribution >= 0.6 is 24.0 Å². The zero-order chi connectivity index (χ0) is 26.7. The Morgan fingerprint density at radius 2 is 1.81 bits per heavy atom. The van der Waals surface area contributed by atoms with Crippen molar-refractivity contribution in [3.05, 3.63) is 24.3 Å². The molecule has 3 fully saturated rings. The molecule has 0 radical (unpaired) electrons. The molecule has 4 N–H and O–H groups in total. The lowest BCUT2D eigenvalue weighted by atomic mass is 9.39. The van der Waals surface area contributed by atoms with Crippen molar-refractivity contribution in [3.63, 3.8) is 0 Å². The van der Waals surface area contributed by atoms with Crippen LogP contribution in [0.2, 0.25) is 0 Å². The lowest BCUT2D eigenvalue weighted by Gasteiger charge is -2.71. The standard InChI is InChI=1S/C24H34ClNO9.ClH/c1-7-20(4)13-15(28)24(32)21(5,35-20)12-14(27)17-19(2,3)9-10-23(31,22(17,24)6)33-18(30)26-34-16(29)8-11-25;/h7-8,11,14,17,27,31-32H,1,9-10,12-13H2,2-6H3,(H,26,30);1H/b11-8+;/t14-,17+,20+,21-,22-,23-,24-;/m1./s1. The van der Waals surface area contributed by atoms with E-state index in [1.54, 1.807) is 12.4 Å². The van der Waals surface area contributed by atoms with Gasteiger partial charge in [-0.05, 0) is 32.6 Å². The lowest BCUT2D eigenvalue weighted by molar-refractivity contribution is -0.398. The van der Waals surface area contributed by atoms with E-state index < -0.39 is 63.3 Å². The molecular weight excluding hydrogens is 517 g/mol. The van der Waals surface area contributed by atoms with E-state index >= 15 is 0 Å². The lowest BCUT2D eigenvalue weighted by Crippen LogP contribution is -2.85. The van der Waals surface area contributed by atoms with Crippen molar-refractivity contribution in [2.45, 2.75) is 89.0 Å². The first-order chi connectivity index (χ1) is 16.0. The zero-order valence-corrected chi connectivity index (χ0v) is 22.6. The molecule has 2 aliphatic carbocycles. The second-order valence-electron chi connectivity index (χ2n) is 11.1. The molecule has 1 heterocycles. The Morgan fingerprint density at radius 1 is 1.19 bits per heavy atom. The molecule has 1 aliphatic heterocycles. The van der Waals surface area contributed by atoms with Crippen molar-refractivity contribution >= 4 is 41.9 Å². The number of hydrogen-bond acceptors (Lipinski definition) is 9. The van der Waals surface area contributed by atoms with E-state index in [2.05, 4.69) is 11.4 Å². The van der Waals surface area contributed by atoms with E-state index in [0.717, 1.165) is 11.6 Å². The Balaban J connectivity index is 0.00000456. The number of amides is 1. The maximum Gasteiger partial charge on any atom is 0.443 e. The van der Waals surface area contributed by atoms with Gasteiger partial charge in [0.2, 0.25) is 5.79 Å². The molecule has 3 rings (SSSR count). The van der Waals surface area contributed by atoms with Crippen molar-refractivity contribution in [2.24, 2.45) is 16.7 Å². The summed E-state index contributed by atoms with van der Waals surface area (Å²) in [4.78, 5) is 42.3. The number of ether oxygens (including phenoxy) is 2. The van der Waals surface area contributed by atoms with Gasteiger partial charge in [0.25, 0.3) is 0 Å². The topological polar surface area (TPSA) is 152 Å². The van der Waals surface area contributed by atoms with E-state index in [-0.39, 0.29) is 38.1 Å². The second-order valence-corrected chi connectivity index (χ2v) is 11.3. The number of nitrogens with one attached hydrogen (secondary N) is 1. The van der Waals surface area contributed by atoms with E-state index in [1.807, 2.05) is 13.8 Å². The van der Waals surface area contributed by atoms with Crippen LogP contribution in [0.4, 0.5) is 4.79 Å². The second kappa shape index (κ2) is 9.56. The molecule has 10 nitrogen and oxygen atoms in total. The van der Waals surface area contributed by atoms with Crippen LogP contribution in [-0.2, 0) is 23.9 Å². The number of ketones is 1. The molecule has 0 aromatic rings. The maximum atomic E-state index is 13.8. The smallest absolute Gasteiger partial charge is 0.414 e. The van der Waals surface area contributed by atoms with E-state index in [9.17, 15) is 29.7 Å². The van der Waals surface area contributed by atoms with Gasteiger partial charge in [0.15, 0.2) is 11.4 Å². The highest BCUT2D eigenvalue weighted by molar-refractivity contribution is 6.26. The van der Waals surface area contributed by atoms with Crippen molar-refractivity contribution in [1.29, 1.82) is 0 Å². The molecule has 36 heavy (non-hydrogen) atoms. The van der Waals surface area contributed by atoms with Crippen LogP contribution in [0.5, 0.6) is 0 Å². The zero-order valence-electron chi connectivity index (χ0n) is 21.0. The Bertz CT molecular complexity index is 973. The normalized spacial score (nSPS) is 43.4. The fourth-order valence-corrected chi connectivity index (χ4v) is 6.98. The number of hydroxylamine groups is 1. The average molecular weight is 552 g/mol. The quantitative estimate of drug-likeness (QED) is 0.179. The number of fused-ring (bicyclic) bond motifs is 3. The van der Waals surface area contributed by atoms with Gasteiger partial charge in [-0.1, -0.05) is 31.5 Å². The summed E-state index contributed by atoms with van der Waals surface area (Å²) in [6, 6.07) is 0. The minimum absolute atomic E-state index is 0. The average Bonchev–Trinajstić information content (AvgIpc) is 2.73. The largest absolute Gasteiger partial charge is 0.443 e. The van der Waals surface area contributed by atoms with Crippen LogP contribution in [0.1, 0.15) is 60.3 Å². The van der Waals surface area contributed by atoms with Gasteiger partial charge in [-0.15, -0.1) is 24.5 Å². The molecule has 1 amide bonds. The minimum atomic E-state index is -2.45. The van der Waals surface area contributed by atoms with Gasteiger partial charge in [0, 0.05) is 36.8 Å². The van der Waals surface area contributed by atoms with Crippen LogP contribution in [0.3, 0.4) is 0 Å². The van der Waals surface area contributed by atoms with Gasteiger partial charge in [-0.25, -0.2) is 9.59 Å². The number of aliphatic hydroxyl groups excluding tert-OH is 1. The highest BCUT2D eigenvalue weighted by Crippen LogP contribution is 2.69. The van der Waals surface area contributed by atoms with Crippen molar-refractivity contribution in [3.8, 4) is 0 Å². The third kappa shape index (κ3) is 4.25. The SMILES string of the molecule is C=C[C@@]1(C)CC(=O)[C@]2(O)[C@]3(C)[C@@H]([C@H](O)C[C@@]2(C)O1)C(C)(C)CC[C@@]3(O)OC(=O)NOC(=O)/C=C/Cl.Cl. The summed E-state index contributed by atoms with van der Waals surface area (Å²) in [5.41, 5.74) is -5.10. The van der Waals surface area contributed by atoms with E-state index in [1.165, 1.54) is 19.9 Å². The minimum Gasteiger partial charge on any atom is -0.414 e. The predicted octanol–water partition coefficient (Wildman–Crippen LogP) is 2.66. The van der Waals surface area contributed by atoms with Gasteiger partial charge >= 0.3 is 12.1 Å². The van der Waals surface area contributed by atoms with Crippen LogP contribution < -0.4 is 5.48 Å². The fraction of sp³-hybridized carbons (Fsp3) is 0.708. The first-order valence-corrected chi connectivity index (χ1v) is 11.9. The van der Waals surface area contributed by atoms with E-state index in [0.29, 0.717) is 0 Å². The summed E-state index contributed by atoms with van der Waals surface area (Å²) < 4.78 is 11.6. The molecule has 0 aromatic heterocycles. The summed E-state index contributed by atoms with van der Waals surface area (Å²) >= 11 is 5.30. The van der Waals surface area contributed by atoms with E-state index in [4.69, 9.17) is 21.1 Å². The highest BCUT2D eigenvalue weighted by atomic mass is 35.5. The van der Waals surface area contributed by atoms with Crippen LogP contribution in [0.15, 0.2) is 24.3 Å². The summed E-state index contributed by atoms with van der Waals surface area (Å²) in [6.07, 6.45) is -0.418. The van der Waals surface area contributed by atoms with Gasteiger partial charge in [0.05, 0.1) is 17.1 Å². The number of hydrogen-bond donors (Lipinski definition) is 4. The Labute approximate surface area is 221 Å². The van der Waals surface area contributed by atoms with Crippen LogP contribution in [-0.4, -0.2) is 61.9 Å². The van der Waals surface area contributed by atoms with Crippen LogP contribution in [0.25, 0.3) is 0 Å². The summed E-state index contributed by atoms with van der Waals surface area (Å²) in [5, 5.41) is 35.5. The first-order valence-electron chi connectivity index (χ1n) is 11.4. The number of Topliss-reactive ketones (excluding diaryl/α,β-unsaturated/α-hetero) is 1. The predicted molar refractivity (Wildman–Crippen MR) is 131 cm³/mol. The molecular formula is C24H35Cl2NO9. The van der Waals surface area contributed by atoms with Crippen molar-refractivity contribution in [1.82, 2.24) is 5.48 Å². The highest BCUT2D eigenvalue weighted by Gasteiger charge is 2.82. The van der Waals surface area contributed by atoms with Gasteiger partial charge < -0.3 is 29.6 Å². The van der Waals surface area contributed by atoms with Gasteiger partial charge in [-0.3, -0.25) is 4.79 Å². The summed E-state index contributed by atoms with van der Waals surface area (Å²) in [7, 11) is 0. The fourth-order valence-electron chi connectivity index (χ4n) is 6.88. The van der Waals surface area contributed by atoms with Crippen molar-refractivity contribution < 1.29 is 44.0 Å². The number of rotatable bonds is 3. The third-order valence-corrected chi connectivity index (χ3v) is 8.51. The number of halogens is 2. The van der Waals surface area contributed by atoms with Crippen molar-refractivity contribution in [2.75, 3.05) is 0 Å².